The van der Waals surface area contributed by atoms with E-state index in [2.05, 4.69) is 10.1 Å². The molecule has 2 aromatic heterocycles. The van der Waals surface area contributed by atoms with Gasteiger partial charge in [-0.1, -0.05) is 18.2 Å². The van der Waals surface area contributed by atoms with Gasteiger partial charge in [0, 0.05) is 35.6 Å². The van der Waals surface area contributed by atoms with Crippen LogP contribution in [0.2, 0.25) is 0 Å². The van der Waals surface area contributed by atoms with Crippen LogP contribution in [0.25, 0.3) is 22.3 Å². The molecule has 2 N–H and O–H groups in total. The fraction of sp³-hybridized carbons (Fsp3) is 0.200. The molecule has 0 aliphatic carbocycles. The Labute approximate surface area is 186 Å². The van der Waals surface area contributed by atoms with Crippen LogP contribution in [0.15, 0.2) is 67.1 Å². The van der Waals surface area contributed by atoms with Crippen molar-refractivity contribution in [2.45, 2.75) is 26.5 Å². The first-order chi connectivity index (χ1) is 15.5. The molecule has 0 saturated carbocycles. The second-order valence-corrected chi connectivity index (χ2v) is 7.41. The summed E-state index contributed by atoms with van der Waals surface area (Å²) < 4.78 is 27.4. The number of hydrogen-bond acceptors (Lipinski definition) is 5. The average molecular weight is 432 g/mol. The number of benzene rings is 2. The van der Waals surface area contributed by atoms with Crippen molar-refractivity contribution in [3.63, 3.8) is 0 Å². The summed E-state index contributed by atoms with van der Waals surface area (Å²) in [6, 6.07) is 14.1. The highest BCUT2D eigenvalue weighted by atomic mass is 19.1. The minimum Gasteiger partial charge on any atom is -0.497 e. The molecule has 2 heterocycles. The zero-order valence-corrected chi connectivity index (χ0v) is 18.2. The molecule has 0 bridgehead atoms. The lowest BCUT2D eigenvalue weighted by molar-refractivity contribution is 0.228. The zero-order valence-electron chi connectivity index (χ0n) is 18.2. The summed E-state index contributed by atoms with van der Waals surface area (Å²) >= 11 is 0. The van der Waals surface area contributed by atoms with Crippen molar-refractivity contribution in [1.29, 1.82) is 0 Å². The summed E-state index contributed by atoms with van der Waals surface area (Å²) in [5.74, 6) is 1.12. The van der Waals surface area contributed by atoms with Gasteiger partial charge in [0.2, 0.25) is 0 Å². The standard InChI is InChI=1S/C25H25FN4O2/c1-4-30-15-19(14-29-30)18-11-24(25(27)28-13-18)32-16(2)23-12-20(26)7-10-22(23)17-5-8-21(31-3)9-6-17/h5-16H,4H2,1-3H3,(H2,27,28)/t16-/m1/s1. The van der Waals surface area contributed by atoms with Crippen LogP contribution in [-0.4, -0.2) is 21.9 Å². The van der Waals surface area contributed by atoms with Gasteiger partial charge in [0.25, 0.3) is 0 Å². The maximum atomic E-state index is 14.2. The minimum absolute atomic E-state index is 0.269. The van der Waals surface area contributed by atoms with Gasteiger partial charge < -0.3 is 15.2 Å². The second kappa shape index (κ2) is 9.09. The molecule has 0 radical (unpaired) electrons. The number of nitrogens with zero attached hydrogens (tertiary/aromatic N) is 3. The second-order valence-electron chi connectivity index (χ2n) is 7.41. The predicted octanol–water partition coefficient (Wildman–Crippen LogP) is 5.50. The highest BCUT2D eigenvalue weighted by Gasteiger charge is 2.17. The maximum absolute atomic E-state index is 14.2. The van der Waals surface area contributed by atoms with Crippen molar-refractivity contribution in [3.05, 3.63) is 78.5 Å². The Balaban J connectivity index is 1.66. The molecule has 1 atom stereocenters. The molecule has 4 aromatic rings. The number of hydrogen-bond donors (Lipinski definition) is 1. The summed E-state index contributed by atoms with van der Waals surface area (Å²) in [6.07, 6.45) is 4.93. The molecule has 0 amide bonds. The molecule has 32 heavy (non-hydrogen) atoms. The molecule has 7 heteroatoms. The maximum Gasteiger partial charge on any atom is 0.166 e. The zero-order chi connectivity index (χ0) is 22.7. The largest absolute Gasteiger partial charge is 0.497 e. The quantitative estimate of drug-likeness (QED) is 0.417. The van der Waals surface area contributed by atoms with Crippen molar-refractivity contribution in [2.24, 2.45) is 0 Å². The molecular formula is C25H25FN4O2. The van der Waals surface area contributed by atoms with E-state index in [4.69, 9.17) is 15.2 Å². The Hall–Kier alpha value is -3.87. The molecule has 0 saturated heterocycles. The van der Waals surface area contributed by atoms with Gasteiger partial charge in [0.1, 0.15) is 17.7 Å². The Morgan fingerprint density at radius 3 is 2.50 bits per heavy atom. The van der Waals surface area contributed by atoms with Gasteiger partial charge in [-0.15, -0.1) is 0 Å². The van der Waals surface area contributed by atoms with Gasteiger partial charge in [-0.25, -0.2) is 9.37 Å². The molecule has 0 unspecified atom stereocenters. The minimum atomic E-state index is -0.472. The monoisotopic (exact) mass is 432 g/mol. The smallest absolute Gasteiger partial charge is 0.166 e. The van der Waals surface area contributed by atoms with E-state index in [1.54, 1.807) is 25.6 Å². The highest BCUT2D eigenvalue weighted by Crippen LogP contribution is 2.35. The summed E-state index contributed by atoms with van der Waals surface area (Å²) in [6.45, 7) is 4.66. The van der Waals surface area contributed by atoms with Crippen molar-refractivity contribution < 1.29 is 13.9 Å². The number of nitrogens with two attached hydrogens (primary N) is 1. The molecule has 4 rings (SSSR count). The topological polar surface area (TPSA) is 75.2 Å². The van der Waals surface area contributed by atoms with Gasteiger partial charge in [0.15, 0.2) is 11.6 Å². The number of aryl methyl sites for hydroxylation is 1. The lowest BCUT2D eigenvalue weighted by Crippen LogP contribution is -2.08. The van der Waals surface area contributed by atoms with Crippen LogP contribution in [0, 0.1) is 5.82 Å². The Kier molecular flexibility index (Phi) is 6.07. The van der Waals surface area contributed by atoms with Gasteiger partial charge in [-0.3, -0.25) is 4.68 Å². The third kappa shape index (κ3) is 4.42. The van der Waals surface area contributed by atoms with E-state index in [1.807, 2.05) is 55.1 Å². The lowest BCUT2D eigenvalue weighted by atomic mass is 9.96. The normalized spacial score (nSPS) is 11.9. The van der Waals surface area contributed by atoms with Gasteiger partial charge in [-0.2, -0.15) is 5.10 Å². The fourth-order valence-corrected chi connectivity index (χ4v) is 3.55. The van der Waals surface area contributed by atoms with Gasteiger partial charge in [-0.05, 0) is 55.3 Å². The van der Waals surface area contributed by atoms with E-state index in [-0.39, 0.29) is 11.6 Å². The summed E-state index contributed by atoms with van der Waals surface area (Å²) in [7, 11) is 1.62. The molecule has 6 nitrogen and oxygen atoms in total. The van der Waals surface area contributed by atoms with E-state index in [9.17, 15) is 4.39 Å². The van der Waals surface area contributed by atoms with Crippen LogP contribution in [0.4, 0.5) is 10.2 Å². The highest BCUT2D eigenvalue weighted by molar-refractivity contribution is 5.69. The number of anilines is 1. The van der Waals surface area contributed by atoms with E-state index in [0.717, 1.165) is 34.5 Å². The first-order valence-corrected chi connectivity index (χ1v) is 10.4. The molecule has 2 aromatic carbocycles. The summed E-state index contributed by atoms with van der Waals surface area (Å²) in [5, 5.41) is 4.31. The number of aromatic nitrogens is 3. The first kappa shape index (κ1) is 21.4. The molecule has 0 fully saturated rings. The Morgan fingerprint density at radius 1 is 1.03 bits per heavy atom. The van der Waals surface area contributed by atoms with Crippen LogP contribution >= 0.6 is 0 Å². The third-order valence-corrected chi connectivity index (χ3v) is 5.33. The number of nitrogen functional groups attached to an aromatic ring is 1. The number of methoxy groups -OCH3 is 1. The lowest BCUT2D eigenvalue weighted by Gasteiger charge is -2.20. The van der Waals surface area contributed by atoms with Crippen LogP contribution in [0.3, 0.4) is 0 Å². The molecule has 0 spiro atoms. The predicted molar refractivity (Wildman–Crippen MR) is 123 cm³/mol. The SMILES string of the molecule is CCn1cc(-c2cnc(N)c(O[C@H](C)c3cc(F)ccc3-c3ccc(OC)cc3)c2)cn1. The third-order valence-electron chi connectivity index (χ3n) is 5.33. The van der Waals surface area contributed by atoms with Crippen molar-refractivity contribution in [3.8, 4) is 33.8 Å². The van der Waals surface area contributed by atoms with E-state index >= 15 is 0 Å². The Bertz CT molecular complexity index is 1220. The summed E-state index contributed by atoms with van der Waals surface area (Å²) in [4.78, 5) is 4.28. The van der Waals surface area contributed by atoms with Crippen molar-refractivity contribution in [1.82, 2.24) is 14.8 Å². The van der Waals surface area contributed by atoms with E-state index < -0.39 is 6.10 Å². The van der Waals surface area contributed by atoms with Crippen LogP contribution < -0.4 is 15.2 Å². The Morgan fingerprint density at radius 2 is 1.81 bits per heavy atom. The van der Waals surface area contributed by atoms with Crippen molar-refractivity contribution in [2.75, 3.05) is 12.8 Å². The van der Waals surface area contributed by atoms with Crippen LogP contribution in [0.5, 0.6) is 11.5 Å². The number of rotatable bonds is 7. The number of ether oxygens (including phenoxy) is 2. The number of pyridine rings is 1. The van der Waals surface area contributed by atoms with Gasteiger partial charge >= 0.3 is 0 Å². The number of halogens is 1. The van der Waals surface area contributed by atoms with E-state index in [1.165, 1.54) is 12.1 Å². The van der Waals surface area contributed by atoms with Crippen molar-refractivity contribution >= 4 is 5.82 Å². The molecule has 164 valence electrons. The van der Waals surface area contributed by atoms with Crippen LogP contribution in [-0.2, 0) is 6.54 Å². The molecule has 0 aliphatic heterocycles. The van der Waals surface area contributed by atoms with Crippen LogP contribution in [0.1, 0.15) is 25.5 Å². The average Bonchev–Trinajstić information content (AvgIpc) is 3.30. The van der Waals surface area contributed by atoms with E-state index in [0.29, 0.717) is 11.3 Å². The molecule has 0 aliphatic rings. The summed E-state index contributed by atoms with van der Waals surface area (Å²) in [5.41, 5.74) is 10.4. The van der Waals surface area contributed by atoms with Gasteiger partial charge in [0.05, 0.1) is 13.3 Å². The fourth-order valence-electron chi connectivity index (χ4n) is 3.55. The molecular weight excluding hydrogens is 407 g/mol. The first-order valence-electron chi connectivity index (χ1n) is 10.4.